The number of carboxylic acid groups (broad SMARTS) is 1. The zero-order valence-electron chi connectivity index (χ0n) is 8.12. The number of halogens is 2. The zero-order valence-corrected chi connectivity index (χ0v) is 8.12. The minimum atomic E-state index is -2.87. The first-order valence-corrected chi connectivity index (χ1v) is 4.04. The fourth-order valence-corrected chi connectivity index (χ4v) is 1.21. The normalized spacial score (nSPS) is 10.5. The van der Waals surface area contributed by atoms with Crippen LogP contribution < -0.4 is 4.74 Å². The van der Waals surface area contributed by atoms with Gasteiger partial charge in [-0.15, -0.1) is 0 Å². The SMILES string of the molecule is COc1cc(C(=O)O)c(C(F)F)c(C)n1. The number of alkyl halides is 2. The van der Waals surface area contributed by atoms with Gasteiger partial charge in [-0.2, -0.15) is 0 Å². The maximum absolute atomic E-state index is 12.5. The van der Waals surface area contributed by atoms with Gasteiger partial charge in [0, 0.05) is 6.07 Å². The van der Waals surface area contributed by atoms with Crippen molar-refractivity contribution in [2.24, 2.45) is 0 Å². The minimum Gasteiger partial charge on any atom is -0.481 e. The highest BCUT2D eigenvalue weighted by Crippen LogP contribution is 2.28. The number of aryl methyl sites for hydroxylation is 1. The highest BCUT2D eigenvalue weighted by Gasteiger charge is 2.22. The number of carbonyl (C=O) groups is 1. The maximum atomic E-state index is 12.5. The number of hydrogen-bond acceptors (Lipinski definition) is 3. The first-order chi connectivity index (χ1) is 6.97. The van der Waals surface area contributed by atoms with Crippen molar-refractivity contribution in [1.29, 1.82) is 0 Å². The van der Waals surface area contributed by atoms with Gasteiger partial charge in [0.1, 0.15) is 0 Å². The molecule has 15 heavy (non-hydrogen) atoms. The van der Waals surface area contributed by atoms with Crippen molar-refractivity contribution in [1.82, 2.24) is 4.98 Å². The van der Waals surface area contributed by atoms with E-state index in [2.05, 4.69) is 4.98 Å². The molecule has 0 atom stereocenters. The Bertz CT molecular complexity index is 393. The molecule has 0 spiro atoms. The lowest BCUT2D eigenvalue weighted by atomic mass is 10.1. The summed E-state index contributed by atoms with van der Waals surface area (Å²) >= 11 is 0. The van der Waals surface area contributed by atoms with Gasteiger partial charge in [-0.3, -0.25) is 0 Å². The van der Waals surface area contributed by atoms with E-state index in [1.54, 1.807) is 0 Å². The number of methoxy groups -OCH3 is 1. The van der Waals surface area contributed by atoms with E-state index in [0.717, 1.165) is 6.07 Å². The molecule has 0 aliphatic rings. The van der Waals surface area contributed by atoms with E-state index in [-0.39, 0.29) is 11.6 Å². The first kappa shape index (κ1) is 11.4. The summed E-state index contributed by atoms with van der Waals surface area (Å²) in [6, 6.07) is 0.983. The molecule has 0 unspecified atom stereocenters. The van der Waals surface area contributed by atoms with E-state index < -0.39 is 23.5 Å². The Hall–Kier alpha value is -1.72. The van der Waals surface area contributed by atoms with Crippen molar-refractivity contribution in [3.63, 3.8) is 0 Å². The average Bonchev–Trinajstić information content (AvgIpc) is 2.15. The van der Waals surface area contributed by atoms with Crippen molar-refractivity contribution in [2.75, 3.05) is 7.11 Å². The number of carboxylic acids is 1. The Kier molecular flexibility index (Phi) is 3.18. The Morgan fingerprint density at radius 1 is 1.60 bits per heavy atom. The lowest BCUT2D eigenvalue weighted by Crippen LogP contribution is -2.07. The molecule has 0 aliphatic carbocycles. The summed E-state index contributed by atoms with van der Waals surface area (Å²) in [5.41, 5.74) is -1.08. The van der Waals surface area contributed by atoms with Crippen LogP contribution in [0.15, 0.2) is 6.07 Å². The summed E-state index contributed by atoms with van der Waals surface area (Å²) in [5.74, 6) is -1.41. The van der Waals surface area contributed by atoms with Gasteiger partial charge in [-0.05, 0) is 6.92 Å². The van der Waals surface area contributed by atoms with Gasteiger partial charge in [0.05, 0.1) is 23.9 Å². The summed E-state index contributed by atoms with van der Waals surface area (Å²) in [6.45, 7) is 1.32. The number of aromatic carboxylic acids is 1. The van der Waals surface area contributed by atoms with Gasteiger partial charge in [0.25, 0.3) is 6.43 Å². The number of nitrogens with zero attached hydrogens (tertiary/aromatic N) is 1. The predicted octanol–water partition coefficient (Wildman–Crippen LogP) is 2.03. The highest BCUT2D eigenvalue weighted by molar-refractivity contribution is 5.90. The lowest BCUT2D eigenvalue weighted by Gasteiger charge is -2.09. The minimum absolute atomic E-state index is 0.00861. The van der Waals surface area contributed by atoms with E-state index in [0.29, 0.717) is 0 Å². The molecule has 4 nitrogen and oxygen atoms in total. The van der Waals surface area contributed by atoms with Crippen molar-refractivity contribution in [3.05, 3.63) is 22.9 Å². The van der Waals surface area contributed by atoms with Crippen LogP contribution in [0.25, 0.3) is 0 Å². The fourth-order valence-electron chi connectivity index (χ4n) is 1.21. The van der Waals surface area contributed by atoms with Crippen molar-refractivity contribution >= 4 is 5.97 Å². The molecule has 1 aromatic heterocycles. The van der Waals surface area contributed by atoms with E-state index in [9.17, 15) is 13.6 Å². The van der Waals surface area contributed by atoms with E-state index in [1.165, 1.54) is 14.0 Å². The van der Waals surface area contributed by atoms with Gasteiger partial charge < -0.3 is 9.84 Å². The van der Waals surface area contributed by atoms with Gasteiger partial charge in [0.15, 0.2) is 0 Å². The van der Waals surface area contributed by atoms with E-state index >= 15 is 0 Å². The van der Waals surface area contributed by atoms with Gasteiger partial charge in [-0.25, -0.2) is 18.6 Å². The number of aromatic nitrogens is 1. The third kappa shape index (κ3) is 2.20. The summed E-state index contributed by atoms with van der Waals surface area (Å²) in [4.78, 5) is 14.4. The monoisotopic (exact) mass is 217 g/mol. The Morgan fingerprint density at radius 3 is 2.60 bits per heavy atom. The average molecular weight is 217 g/mol. The van der Waals surface area contributed by atoms with Gasteiger partial charge >= 0.3 is 5.97 Å². The van der Waals surface area contributed by atoms with Crippen LogP contribution in [0.4, 0.5) is 8.78 Å². The molecule has 1 aromatic rings. The van der Waals surface area contributed by atoms with E-state index in [4.69, 9.17) is 9.84 Å². The van der Waals surface area contributed by atoms with Crippen LogP contribution in [0, 0.1) is 6.92 Å². The quantitative estimate of drug-likeness (QED) is 0.841. The van der Waals surface area contributed by atoms with Crippen LogP contribution in [-0.4, -0.2) is 23.2 Å². The number of rotatable bonds is 3. The molecular formula is C9H9F2NO3. The molecule has 6 heteroatoms. The molecule has 1 rings (SSSR count). The number of ether oxygens (including phenoxy) is 1. The smallest absolute Gasteiger partial charge is 0.336 e. The molecule has 0 saturated heterocycles. The molecule has 0 amide bonds. The lowest BCUT2D eigenvalue weighted by molar-refractivity contribution is 0.0683. The topological polar surface area (TPSA) is 59.4 Å². The van der Waals surface area contributed by atoms with Crippen LogP contribution in [0.1, 0.15) is 28.0 Å². The molecule has 0 fully saturated rings. The molecule has 0 saturated carbocycles. The summed E-state index contributed by atoms with van der Waals surface area (Å²) < 4.78 is 29.8. The second-order valence-corrected chi connectivity index (χ2v) is 2.82. The van der Waals surface area contributed by atoms with Crippen LogP contribution in [0.2, 0.25) is 0 Å². The van der Waals surface area contributed by atoms with Gasteiger partial charge in [0.2, 0.25) is 5.88 Å². The molecule has 1 N–H and O–H groups in total. The molecule has 0 aliphatic heterocycles. The molecule has 0 radical (unpaired) electrons. The molecule has 1 heterocycles. The second-order valence-electron chi connectivity index (χ2n) is 2.82. The van der Waals surface area contributed by atoms with Crippen LogP contribution in [-0.2, 0) is 0 Å². The Labute approximate surface area is 84.5 Å². The van der Waals surface area contributed by atoms with Crippen molar-refractivity contribution < 1.29 is 23.4 Å². The Morgan fingerprint density at radius 2 is 2.20 bits per heavy atom. The standard InChI is InChI=1S/C9H9F2NO3/c1-4-7(8(10)11)5(9(13)14)3-6(12-4)15-2/h3,8H,1-2H3,(H,13,14). The third-order valence-corrected chi connectivity index (χ3v) is 1.88. The second kappa shape index (κ2) is 4.20. The zero-order chi connectivity index (χ0) is 11.6. The summed E-state index contributed by atoms with van der Waals surface area (Å²) in [5, 5.41) is 8.74. The van der Waals surface area contributed by atoms with Gasteiger partial charge in [-0.1, -0.05) is 0 Å². The Balaban J connectivity index is 3.42. The van der Waals surface area contributed by atoms with Crippen LogP contribution in [0.5, 0.6) is 5.88 Å². The number of pyridine rings is 1. The highest BCUT2D eigenvalue weighted by atomic mass is 19.3. The third-order valence-electron chi connectivity index (χ3n) is 1.88. The number of hydrogen-bond donors (Lipinski definition) is 1. The predicted molar refractivity (Wildman–Crippen MR) is 47.4 cm³/mol. The molecule has 0 bridgehead atoms. The molecular weight excluding hydrogens is 208 g/mol. The molecule has 82 valence electrons. The van der Waals surface area contributed by atoms with Crippen LogP contribution in [0.3, 0.4) is 0 Å². The van der Waals surface area contributed by atoms with E-state index in [1.807, 2.05) is 0 Å². The summed E-state index contributed by atoms with van der Waals surface area (Å²) in [7, 11) is 1.29. The molecule has 0 aromatic carbocycles. The van der Waals surface area contributed by atoms with Crippen molar-refractivity contribution in [2.45, 2.75) is 13.3 Å². The van der Waals surface area contributed by atoms with Crippen molar-refractivity contribution in [3.8, 4) is 5.88 Å². The first-order valence-electron chi connectivity index (χ1n) is 4.04. The summed E-state index contributed by atoms with van der Waals surface area (Å²) in [6.07, 6.45) is -2.87. The fraction of sp³-hybridized carbons (Fsp3) is 0.333. The maximum Gasteiger partial charge on any atom is 0.336 e. The van der Waals surface area contributed by atoms with Crippen LogP contribution >= 0.6 is 0 Å². The largest absolute Gasteiger partial charge is 0.481 e.